The van der Waals surface area contributed by atoms with Crippen LogP contribution in [0.2, 0.25) is 5.02 Å². The van der Waals surface area contributed by atoms with Gasteiger partial charge in [-0.3, -0.25) is 0 Å². The molecule has 0 aliphatic heterocycles. The molecule has 0 saturated carbocycles. The van der Waals surface area contributed by atoms with E-state index in [1.165, 1.54) is 18.2 Å². The number of nitrogens with zero attached hydrogens (tertiary/aromatic N) is 1. The molecule has 0 saturated heterocycles. The van der Waals surface area contributed by atoms with Crippen molar-refractivity contribution in [3.63, 3.8) is 0 Å². The highest BCUT2D eigenvalue weighted by atomic mass is 35.5. The first-order valence-corrected chi connectivity index (χ1v) is 6.71. The van der Waals surface area contributed by atoms with Gasteiger partial charge in [0, 0.05) is 11.1 Å². The van der Waals surface area contributed by atoms with E-state index in [2.05, 4.69) is 0 Å². The third-order valence-corrected chi connectivity index (χ3v) is 3.33. The van der Waals surface area contributed by atoms with E-state index in [-0.39, 0.29) is 18.1 Å². The average Bonchev–Trinajstić information content (AvgIpc) is 2.46. The number of nitriles is 1. The van der Waals surface area contributed by atoms with Crippen LogP contribution in [-0.4, -0.2) is 0 Å². The van der Waals surface area contributed by atoms with Gasteiger partial charge in [0.1, 0.15) is 18.2 Å². The predicted molar refractivity (Wildman–Crippen MR) is 76.5 cm³/mol. The minimum absolute atomic E-state index is 0.0190. The quantitative estimate of drug-likeness (QED) is 0.769. The van der Waals surface area contributed by atoms with Crippen molar-refractivity contribution >= 4 is 23.2 Å². The third-order valence-electron chi connectivity index (χ3n) is 2.75. The van der Waals surface area contributed by atoms with Crippen LogP contribution >= 0.6 is 23.2 Å². The van der Waals surface area contributed by atoms with E-state index in [0.29, 0.717) is 16.3 Å². The lowest BCUT2D eigenvalue weighted by Crippen LogP contribution is -2.01. The Kier molecular flexibility index (Phi) is 4.84. The summed E-state index contributed by atoms with van der Waals surface area (Å²) in [5.74, 6) is 0.225. The predicted octanol–water partition coefficient (Wildman–Crippen LogP) is 4.67. The van der Waals surface area contributed by atoms with Crippen molar-refractivity contribution in [2.75, 3.05) is 0 Å². The van der Waals surface area contributed by atoms with Crippen molar-refractivity contribution in [3.8, 4) is 11.8 Å². The van der Waals surface area contributed by atoms with Crippen LogP contribution in [0.3, 0.4) is 0 Å². The summed E-state index contributed by atoms with van der Waals surface area (Å²) in [6.07, 6.45) is 0. The molecule has 0 fully saturated rings. The van der Waals surface area contributed by atoms with Crippen LogP contribution in [-0.2, 0) is 12.5 Å². The number of benzene rings is 2. The number of alkyl halides is 1. The zero-order valence-corrected chi connectivity index (χ0v) is 11.9. The van der Waals surface area contributed by atoms with E-state index in [1.54, 1.807) is 18.2 Å². The summed E-state index contributed by atoms with van der Waals surface area (Å²) in [6, 6.07) is 11.4. The average molecular weight is 310 g/mol. The molecule has 0 atom stereocenters. The van der Waals surface area contributed by atoms with Gasteiger partial charge in [-0.2, -0.15) is 5.26 Å². The van der Waals surface area contributed by atoms with Gasteiger partial charge in [0.25, 0.3) is 0 Å². The third kappa shape index (κ3) is 3.22. The summed E-state index contributed by atoms with van der Waals surface area (Å²) >= 11 is 11.8. The van der Waals surface area contributed by atoms with Gasteiger partial charge in [0.15, 0.2) is 0 Å². The van der Waals surface area contributed by atoms with Crippen LogP contribution in [0.5, 0.6) is 5.75 Å². The standard InChI is InChI=1S/C15H10Cl2FNO/c16-7-11-2-1-3-13(17)15(11)20-9-12-5-4-10(8-19)6-14(12)18/h1-6H,7,9H2. The highest BCUT2D eigenvalue weighted by Crippen LogP contribution is 2.30. The second-order valence-electron chi connectivity index (χ2n) is 4.07. The zero-order chi connectivity index (χ0) is 14.5. The fraction of sp³-hybridized carbons (Fsp3) is 0.133. The summed E-state index contributed by atoms with van der Waals surface area (Å²) < 4.78 is 19.3. The summed E-state index contributed by atoms with van der Waals surface area (Å²) in [7, 11) is 0. The molecule has 102 valence electrons. The second kappa shape index (κ2) is 6.60. The first-order valence-electron chi connectivity index (χ1n) is 5.80. The lowest BCUT2D eigenvalue weighted by molar-refractivity contribution is 0.298. The van der Waals surface area contributed by atoms with Gasteiger partial charge in [-0.25, -0.2) is 4.39 Å². The monoisotopic (exact) mass is 309 g/mol. The topological polar surface area (TPSA) is 33.0 Å². The molecule has 2 aromatic carbocycles. The van der Waals surface area contributed by atoms with Gasteiger partial charge in [0.05, 0.1) is 22.5 Å². The van der Waals surface area contributed by atoms with E-state index in [0.717, 1.165) is 5.56 Å². The highest BCUT2D eigenvalue weighted by molar-refractivity contribution is 6.32. The van der Waals surface area contributed by atoms with Crippen molar-refractivity contribution in [1.29, 1.82) is 5.26 Å². The Labute approximate surface area is 126 Å². The lowest BCUT2D eigenvalue weighted by Gasteiger charge is -2.12. The Morgan fingerprint density at radius 2 is 2.00 bits per heavy atom. The molecule has 0 heterocycles. The molecule has 2 nitrogen and oxygen atoms in total. The number of ether oxygens (including phenoxy) is 1. The molecule has 0 spiro atoms. The summed E-state index contributed by atoms with van der Waals surface area (Å²) in [5, 5.41) is 9.11. The largest absolute Gasteiger partial charge is 0.487 e. The van der Waals surface area contributed by atoms with Crippen molar-refractivity contribution in [3.05, 3.63) is 63.9 Å². The van der Waals surface area contributed by atoms with Gasteiger partial charge in [0.2, 0.25) is 0 Å². The Balaban J connectivity index is 2.19. The van der Waals surface area contributed by atoms with Gasteiger partial charge in [-0.05, 0) is 18.2 Å². The molecule has 0 radical (unpaired) electrons. The molecule has 0 bridgehead atoms. The maximum absolute atomic E-state index is 13.7. The maximum Gasteiger partial charge on any atom is 0.142 e. The van der Waals surface area contributed by atoms with Crippen molar-refractivity contribution in [2.45, 2.75) is 12.5 Å². The smallest absolute Gasteiger partial charge is 0.142 e. The van der Waals surface area contributed by atoms with E-state index >= 15 is 0 Å². The molecule has 5 heteroatoms. The normalized spacial score (nSPS) is 10.1. The molecule has 0 unspecified atom stereocenters. The van der Waals surface area contributed by atoms with Crippen LogP contribution in [0.1, 0.15) is 16.7 Å². The molecule has 0 aliphatic rings. The first-order chi connectivity index (χ1) is 9.65. The number of hydrogen-bond donors (Lipinski definition) is 0. The van der Waals surface area contributed by atoms with E-state index in [4.69, 9.17) is 33.2 Å². The second-order valence-corrected chi connectivity index (χ2v) is 4.74. The number of rotatable bonds is 4. The molecule has 0 amide bonds. The summed E-state index contributed by atoms with van der Waals surface area (Å²) in [6.45, 7) is 0.0190. The molecule has 0 aromatic heterocycles. The lowest BCUT2D eigenvalue weighted by atomic mass is 10.1. The first kappa shape index (κ1) is 14.6. The van der Waals surface area contributed by atoms with Gasteiger partial charge in [-0.1, -0.05) is 29.8 Å². The Morgan fingerprint density at radius 3 is 2.65 bits per heavy atom. The minimum Gasteiger partial charge on any atom is -0.487 e. The Morgan fingerprint density at radius 1 is 1.20 bits per heavy atom. The van der Waals surface area contributed by atoms with E-state index < -0.39 is 5.82 Å². The molecular formula is C15H10Cl2FNO. The summed E-state index contributed by atoms with van der Waals surface area (Å²) in [5.41, 5.74) is 1.36. The van der Waals surface area contributed by atoms with E-state index in [1.807, 2.05) is 6.07 Å². The molecule has 20 heavy (non-hydrogen) atoms. The minimum atomic E-state index is -0.483. The Hall–Kier alpha value is -1.76. The molecule has 2 aromatic rings. The van der Waals surface area contributed by atoms with Crippen LogP contribution in [0.25, 0.3) is 0 Å². The molecule has 2 rings (SSSR count). The van der Waals surface area contributed by atoms with Crippen LogP contribution < -0.4 is 4.74 Å². The summed E-state index contributed by atoms with van der Waals surface area (Å²) in [4.78, 5) is 0. The number of para-hydroxylation sites is 1. The highest BCUT2D eigenvalue weighted by Gasteiger charge is 2.10. The van der Waals surface area contributed by atoms with Crippen LogP contribution in [0, 0.1) is 17.1 Å². The number of halogens is 3. The van der Waals surface area contributed by atoms with Gasteiger partial charge < -0.3 is 4.74 Å². The molecule has 0 N–H and O–H groups in total. The van der Waals surface area contributed by atoms with Crippen molar-refractivity contribution in [1.82, 2.24) is 0 Å². The zero-order valence-electron chi connectivity index (χ0n) is 10.4. The van der Waals surface area contributed by atoms with Gasteiger partial charge >= 0.3 is 0 Å². The van der Waals surface area contributed by atoms with Crippen molar-refractivity contribution < 1.29 is 9.13 Å². The van der Waals surface area contributed by atoms with Crippen LogP contribution in [0.15, 0.2) is 36.4 Å². The maximum atomic E-state index is 13.7. The van der Waals surface area contributed by atoms with Crippen LogP contribution in [0.4, 0.5) is 4.39 Å². The fourth-order valence-electron chi connectivity index (χ4n) is 1.70. The SMILES string of the molecule is N#Cc1ccc(COc2c(Cl)cccc2CCl)c(F)c1. The fourth-order valence-corrected chi connectivity index (χ4v) is 2.16. The van der Waals surface area contributed by atoms with E-state index in [9.17, 15) is 4.39 Å². The number of hydrogen-bond acceptors (Lipinski definition) is 2. The Bertz CT molecular complexity index is 667. The van der Waals surface area contributed by atoms with Gasteiger partial charge in [-0.15, -0.1) is 11.6 Å². The van der Waals surface area contributed by atoms with Crippen molar-refractivity contribution in [2.24, 2.45) is 0 Å². The molecule has 0 aliphatic carbocycles. The molecular weight excluding hydrogens is 300 g/mol.